The third-order valence-electron chi connectivity index (χ3n) is 4.50. The summed E-state index contributed by atoms with van der Waals surface area (Å²) < 4.78 is 24.4. The molecule has 2 aromatic heterocycles. The number of aryl methyl sites for hydroxylation is 1. The Morgan fingerprint density at radius 3 is 2.45 bits per heavy atom. The molecule has 0 unspecified atom stereocenters. The van der Waals surface area contributed by atoms with Gasteiger partial charge in [-0.05, 0) is 61.5 Å². The highest BCUT2D eigenvalue weighted by molar-refractivity contribution is 6.30. The summed E-state index contributed by atoms with van der Waals surface area (Å²) in [5.74, 6) is 0.647. The monoisotopic (exact) mass is 437 g/mol. The van der Waals surface area contributed by atoms with E-state index in [0.717, 1.165) is 16.9 Å². The molecule has 1 amide bonds. The third-order valence-corrected chi connectivity index (χ3v) is 4.75. The first-order valence-corrected chi connectivity index (χ1v) is 9.73. The molecule has 0 aliphatic carbocycles. The predicted molar refractivity (Wildman–Crippen MR) is 115 cm³/mol. The Morgan fingerprint density at radius 2 is 1.77 bits per heavy atom. The lowest BCUT2D eigenvalue weighted by Gasteiger charge is -2.06. The van der Waals surface area contributed by atoms with Gasteiger partial charge in [-0.2, -0.15) is 0 Å². The Hall–Kier alpha value is -3.71. The minimum atomic E-state index is -0.406. The number of benzene rings is 2. The normalized spacial score (nSPS) is 10.7. The number of carbonyl (C=O) groups is 1. The number of ether oxygens (including phenoxy) is 1. The number of rotatable bonds is 6. The lowest BCUT2D eigenvalue weighted by Crippen LogP contribution is -2.13. The lowest BCUT2D eigenvalue weighted by molar-refractivity contribution is 0.102. The molecule has 4 aromatic rings. The van der Waals surface area contributed by atoms with Crippen molar-refractivity contribution in [2.45, 2.75) is 13.5 Å². The molecular weight excluding hydrogens is 421 g/mol. The van der Waals surface area contributed by atoms with Crippen molar-refractivity contribution in [2.75, 3.05) is 5.32 Å². The van der Waals surface area contributed by atoms with Crippen LogP contribution in [0.15, 0.2) is 71.4 Å². The molecule has 0 saturated heterocycles. The first-order valence-electron chi connectivity index (χ1n) is 9.35. The molecule has 0 aliphatic heterocycles. The van der Waals surface area contributed by atoms with Gasteiger partial charge in [-0.25, -0.2) is 14.4 Å². The summed E-state index contributed by atoms with van der Waals surface area (Å²) in [6, 6.07) is 14.8. The van der Waals surface area contributed by atoms with Crippen LogP contribution in [0.3, 0.4) is 0 Å². The van der Waals surface area contributed by atoms with Crippen LogP contribution < -0.4 is 10.1 Å². The highest BCUT2D eigenvalue weighted by atomic mass is 35.5. The van der Waals surface area contributed by atoms with Crippen LogP contribution in [-0.4, -0.2) is 15.9 Å². The molecule has 0 saturated carbocycles. The molecule has 2 heterocycles. The topological polar surface area (TPSA) is 77.2 Å². The van der Waals surface area contributed by atoms with E-state index >= 15 is 0 Å². The average molecular weight is 438 g/mol. The molecule has 0 atom stereocenters. The third kappa shape index (κ3) is 5.07. The highest BCUT2D eigenvalue weighted by Gasteiger charge is 2.12. The number of anilines is 1. The number of halogens is 2. The first-order chi connectivity index (χ1) is 15.0. The second-order valence-corrected chi connectivity index (χ2v) is 7.14. The van der Waals surface area contributed by atoms with Crippen LogP contribution >= 0.6 is 11.6 Å². The van der Waals surface area contributed by atoms with E-state index in [1.54, 1.807) is 12.1 Å². The summed E-state index contributed by atoms with van der Waals surface area (Å²) in [6.07, 6.45) is 2.73. The molecule has 2 aromatic carbocycles. The average Bonchev–Trinajstić information content (AvgIpc) is 3.15. The molecule has 0 spiro atoms. The van der Waals surface area contributed by atoms with Crippen LogP contribution in [0, 0.1) is 12.7 Å². The van der Waals surface area contributed by atoms with Crippen molar-refractivity contribution in [1.29, 1.82) is 0 Å². The fourth-order valence-electron chi connectivity index (χ4n) is 2.81. The van der Waals surface area contributed by atoms with Gasteiger partial charge >= 0.3 is 6.01 Å². The summed E-state index contributed by atoms with van der Waals surface area (Å²) in [6.45, 7) is 2.06. The van der Waals surface area contributed by atoms with Crippen molar-refractivity contribution in [3.05, 3.63) is 94.7 Å². The van der Waals surface area contributed by atoms with Gasteiger partial charge in [0, 0.05) is 34.2 Å². The Balaban J connectivity index is 1.38. The second kappa shape index (κ2) is 8.97. The molecule has 4 rings (SSSR count). The number of hydrogen-bond acceptors (Lipinski definition) is 5. The molecule has 31 heavy (non-hydrogen) atoms. The number of aromatic nitrogens is 2. The molecule has 0 bridgehead atoms. The number of carbonyl (C=O) groups excluding carboxylic acids is 1. The largest absolute Gasteiger partial charge is 0.461 e. The van der Waals surface area contributed by atoms with Gasteiger partial charge in [0.25, 0.3) is 5.91 Å². The standard InChI is InChI=1S/C23H17ClFN3O3/c1-14-16(10-21(31-14)15-2-4-18(24)5-3-15)13-30-23-26-11-17(12-27-23)22(29)28-20-8-6-19(25)7-9-20/h2-12H,13H2,1H3,(H,28,29). The molecule has 1 N–H and O–H groups in total. The van der Waals surface area contributed by atoms with Gasteiger partial charge in [0.1, 0.15) is 23.9 Å². The first kappa shape index (κ1) is 20.6. The Morgan fingerprint density at radius 1 is 1.10 bits per heavy atom. The maximum absolute atomic E-state index is 13.0. The molecule has 0 aliphatic rings. The van der Waals surface area contributed by atoms with E-state index in [1.165, 1.54) is 36.7 Å². The van der Waals surface area contributed by atoms with E-state index in [1.807, 2.05) is 25.1 Å². The smallest absolute Gasteiger partial charge is 0.316 e. The zero-order chi connectivity index (χ0) is 21.8. The van der Waals surface area contributed by atoms with E-state index in [0.29, 0.717) is 16.5 Å². The second-order valence-electron chi connectivity index (χ2n) is 6.70. The maximum Gasteiger partial charge on any atom is 0.316 e. The number of nitrogens with one attached hydrogen (secondary N) is 1. The summed E-state index contributed by atoms with van der Waals surface area (Å²) in [4.78, 5) is 20.4. The lowest BCUT2D eigenvalue weighted by atomic mass is 10.1. The Bertz CT molecular complexity index is 1190. The van der Waals surface area contributed by atoms with Crippen molar-refractivity contribution >= 4 is 23.2 Å². The van der Waals surface area contributed by atoms with Gasteiger partial charge in [-0.1, -0.05) is 11.6 Å². The van der Waals surface area contributed by atoms with Crippen LogP contribution in [0.4, 0.5) is 10.1 Å². The number of hydrogen-bond donors (Lipinski definition) is 1. The van der Waals surface area contributed by atoms with Crippen LogP contribution in [0.2, 0.25) is 5.02 Å². The highest BCUT2D eigenvalue weighted by Crippen LogP contribution is 2.27. The van der Waals surface area contributed by atoms with E-state index in [2.05, 4.69) is 15.3 Å². The van der Waals surface area contributed by atoms with E-state index in [-0.39, 0.29) is 24.0 Å². The maximum atomic E-state index is 13.0. The van der Waals surface area contributed by atoms with Gasteiger partial charge in [0.05, 0.1) is 5.56 Å². The number of furan rings is 1. The van der Waals surface area contributed by atoms with Gasteiger partial charge < -0.3 is 14.5 Å². The van der Waals surface area contributed by atoms with Crippen molar-refractivity contribution in [3.8, 4) is 17.3 Å². The summed E-state index contributed by atoms with van der Waals surface area (Å²) in [5.41, 5.74) is 2.48. The molecule has 0 radical (unpaired) electrons. The minimum absolute atomic E-state index is 0.131. The Kier molecular flexibility index (Phi) is 5.95. The SMILES string of the molecule is Cc1oc(-c2ccc(Cl)cc2)cc1COc1ncc(C(=O)Nc2ccc(F)cc2)cn1. The fourth-order valence-corrected chi connectivity index (χ4v) is 2.93. The molecule has 0 fully saturated rings. The zero-order valence-electron chi connectivity index (χ0n) is 16.4. The van der Waals surface area contributed by atoms with E-state index in [9.17, 15) is 9.18 Å². The molecule has 156 valence electrons. The van der Waals surface area contributed by atoms with Crippen LogP contribution in [0.5, 0.6) is 6.01 Å². The van der Waals surface area contributed by atoms with Crippen molar-refractivity contribution < 1.29 is 18.3 Å². The van der Waals surface area contributed by atoms with Gasteiger partial charge in [-0.15, -0.1) is 0 Å². The quantitative estimate of drug-likeness (QED) is 0.420. The fraction of sp³-hybridized carbons (Fsp3) is 0.0870. The molecular formula is C23H17ClFN3O3. The number of amides is 1. The summed E-state index contributed by atoms with van der Waals surface area (Å²) >= 11 is 5.93. The van der Waals surface area contributed by atoms with Gasteiger partial charge in [-0.3, -0.25) is 4.79 Å². The van der Waals surface area contributed by atoms with Crippen LogP contribution in [-0.2, 0) is 6.61 Å². The molecule has 8 heteroatoms. The van der Waals surface area contributed by atoms with Crippen molar-refractivity contribution in [3.63, 3.8) is 0 Å². The van der Waals surface area contributed by atoms with Gasteiger partial charge in [0.2, 0.25) is 0 Å². The van der Waals surface area contributed by atoms with Crippen molar-refractivity contribution in [2.24, 2.45) is 0 Å². The minimum Gasteiger partial charge on any atom is -0.461 e. The van der Waals surface area contributed by atoms with E-state index < -0.39 is 5.91 Å². The molecule has 6 nitrogen and oxygen atoms in total. The Labute approximate surface area is 182 Å². The van der Waals surface area contributed by atoms with Crippen molar-refractivity contribution in [1.82, 2.24) is 9.97 Å². The number of nitrogens with zero attached hydrogens (tertiary/aromatic N) is 2. The summed E-state index contributed by atoms with van der Waals surface area (Å²) in [5, 5.41) is 3.30. The van der Waals surface area contributed by atoms with Crippen LogP contribution in [0.1, 0.15) is 21.7 Å². The predicted octanol–water partition coefficient (Wildman–Crippen LogP) is 5.67. The van der Waals surface area contributed by atoms with Crippen LogP contribution in [0.25, 0.3) is 11.3 Å². The van der Waals surface area contributed by atoms with Gasteiger partial charge in [0.15, 0.2) is 0 Å². The zero-order valence-corrected chi connectivity index (χ0v) is 17.2. The summed E-state index contributed by atoms with van der Waals surface area (Å²) in [7, 11) is 0. The van der Waals surface area contributed by atoms with E-state index in [4.69, 9.17) is 20.8 Å².